The molecule has 5 heteroatoms. The number of urea groups is 1. The fourth-order valence-corrected chi connectivity index (χ4v) is 2.29. The Kier molecular flexibility index (Phi) is 7.03. The molecule has 0 bridgehead atoms. The molecule has 0 spiro atoms. The molecular weight excluding hydrogens is 254 g/mol. The van der Waals surface area contributed by atoms with E-state index >= 15 is 0 Å². The zero-order valence-electron chi connectivity index (χ0n) is 14.0. The minimum Gasteiger partial charge on any atom is -0.354 e. The van der Waals surface area contributed by atoms with E-state index in [9.17, 15) is 9.59 Å². The number of amides is 3. The van der Waals surface area contributed by atoms with E-state index in [1.165, 1.54) is 0 Å². The Bertz CT molecular complexity index is 335. The molecule has 0 aliphatic rings. The summed E-state index contributed by atoms with van der Waals surface area (Å²) in [7, 11) is 1.56. The van der Waals surface area contributed by atoms with Gasteiger partial charge in [-0.15, -0.1) is 0 Å². The lowest BCUT2D eigenvalue weighted by atomic mass is 9.68. The lowest BCUT2D eigenvalue weighted by Crippen LogP contribution is -2.47. The molecule has 0 aliphatic carbocycles. The highest BCUT2D eigenvalue weighted by Crippen LogP contribution is 2.39. The van der Waals surface area contributed by atoms with Crippen molar-refractivity contribution in [1.29, 1.82) is 0 Å². The van der Waals surface area contributed by atoms with E-state index in [4.69, 9.17) is 0 Å². The lowest BCUT2D eigenvalue weighted by molar-refractivity contribution is -0.134. The molecule has 0 saturated heterocycles. The van der Waals surface area contributed by atoms with Gasteiger partial charge in [-0.3, -0.25) is 4.79 Å². The predicted molar refractivity (Wildman–Crippen MR) is 82.5 cm³/mol. The Morgan fingerprint density at radius 3 is 1.90 bits per heavy atom. The molecule has 118 valence electrons. The first-order chi connectivity index (χ1) is 9.03. The Labute approximate surface area is 123 Å². The van der Waals surface area contributed by atoms with Crippen LogP contribution in [0.3, 0.4) is 0 Å². The Hall–Kier alpha value is -1.26. The van der Waals surface area contributed by atoms with Crippen molar-refractivity contribution in [3.8, 4) is 0 Å². The highest BCUT2D eigenvalue weighted by Gasteiger charge is 2.39. The average Bonchev–Trinajstić information content (AvgIpc) is 2.31. The zero-order valence-corrected chi connectivity index (χ0v) is 14.0. The van der Waals surface area contributed by atoms with Crippen LogP contribution < -0.4 is 16.0 Å². The first kappa shape index (κ1) is 18.7. The summed E-state index contributed by atoms with van der Waals surface area (Å²) in [5, 5.41) is 8.05. The van der Waals surface area contributed by atoms with E-state index < -0.39 is 5.41 Å². The predicted octanol–water partition coefficient (Wildman–Crippen LogP) is 2.13. The molecule has 0 aromatic rings. The standard InChI is InChI=1S/C15H31N3O2/c1-11(2)15(6,10-14(3,4)5)12(19)17-8-9-18-13(20)16-7/h11H,8-10H2,1-7H3,(H,17,19)(H2,16,18,20). The van der Waals surface area contributed by atoms with Gasteiger partial charge in [0, 0.05) is 25.6 Å². The van der Waals surface area contributed by atoms with Gasteiger partial charge < -0.3 is 16.0 Å². The average molecular weight is 285 g/mol. The summed E-state index contributed by atoms with van der Waals surface area (Å²) in [6.07, 6.45) is 0.826. The second-order valence-electron chi connectivity index (χ2n) is 7.07. The van der Waals surface area contributed by atoms with Crippen molar-refractivity contribution >= 4 is 11.9 Å². The first-order valence-corrected chi connectivity index (χ1v) is 7.27. The molecule has 0 heterocycles. The summed E-state index contributed by atoms with van der Waals surface area (Å²) in [4.78, 5) is 23.5. The van der Waals surface area contributed by atoms with Gasteiger partial charge in [-0.25, -0.2) is 4.79 Å². The third-order valence-electron chi connectivity index (χ3n) is 3.61. The number of rotatable bonds is 6. The van der Waals surface area contributed by atoms with Crippen LogP contribution in [0.4, 0.5) is 4.79 Å². The van der Waals surface area contributed by atoms with Crippen LogP contribution in [0, 0.1) is 16.7 Å². The zero-order chi connectivity index (χ0) is 16.0. The summed E-state index contributed by atoms with van der Waals surface area (Å²) in [5.74, 6) is 0.315. The van der Waals surface area contributed by atoms with Gasteiger partial charge in [0.2, 0.25) is 5.91 Å². The Morgan fingerprint density at radius 2 is 1.50 bits per heavy atom. The smallest absolute Gasteiger partial charge is 0.314 e. The summed E-state index contributed by atoms with van der Waals surface area (Å²) in [5.41, 5.74) is -0.304. The normalized spacial score (nSPS) is 14.6. The molecule has 0 aromatic heterocycles. The molecule has 0 aromatic carbocycles. The van der Waals surface area contributed by atoms with Crippen LogP contribution in [-0.2, 0) is 4.79 Å². The van der Waals surface area contributed by atoms with Crippen LogP contribution in [0.25, 0.3) is 0 Å². The van der Waals surface area contributed by atoms with Crippen molar-refractivity contribution in [2.45, 2.75) is 48.0 Å². The summed E-state index contributed by atoms with van der Waals surface area (Å²) in [6, 6.07) is -0.236. The van der Waals surface area contributed by atoms with Crippen LogP contribution in [-0.4, -0.2) is 32.1 Å². The van der Waals surface area contributed by atoms with E-state index in [0.29, 0.717) is 13.1 Å². The van der Waals surface area contributed by atoms with Crippen LogP contribution >= 0.6 is 0 Å². The molecule has 1 unspecified atom stereocenters. The highest BCUT2D eigenvalue weighted by atomic mass is 16.2. The third-order valence-corrected chi connectivity index (χ3v) is 3.61. The van der Waals surface area contributed by atoms with E-state index in [2.05, 4.69) is 50.6 Å². The summed E-state index contributed by atoms with van der Waals surface area (Å²) >= 11 is 0. The van der Waals surface area contributed by atoms with E-state index in [-0.39, 0.29) is 23.3 Å². The Balaban J connectivity index is 4.48. The van der Waals surface area contributed by atoms with Crippen LogP contribution in [0.5, 0.6) is 0 Å². The molecule has 3 amide bonds. The maximum Gasteiger partial charge on any atom is 0.314 e. The molecule has 3 N–H and O–H groups in total. The van der Waals surface area contributed by atoms with Gasteiger partial charge in [-0.05, 0) is 17.8 Å². The molecule has 20 heavy (non-hydrogen) atoms. The maximum atomic E-state index is 12.5. The molecule has 5 nitrogen and oxygen atoms in total. The molecule has 1 atom stereocenters. The van der Waals surface area contributed by atoms with Gasteiger partial charge in [0.15, 0.2) is 0 Å². The van der Waals surface area contributed by atoms with Crippen LogP contribution in [0.2, 0.25) is 0 Å². The van der Waals surface area contributed by atoms with Crippen molar-refractivity contribution in [2.75, 3.05) is 20.1 Å². The summed E-state index contributed by atoms with van der Waals surface area (Å²) in [6.45, 7) is 13.5. The minimum atomic E-state index is -0.398. The number of carbonyl (C=O) groups excluding carboxylic acids is 2. The molecule has 0 aliphatic heterocycles. The quantitative estimate of drug-likeness (QED) is 0.654. The molecular formula is C15H31N3O2. The molecule has 0 rings (SSSR count). The van der Waals surface area contributed by atoms with Gasteiger partial charge in [-0.2, -0.15) is 0 Å². The van der Waals surface area contributed by atoms with Crippen molar-refractivity contribution in [3.05, 3.63) is 0 Å². The number of carbonyl (C=O) groups is 2. The van der Waals surface area contributed by atoms with Gasteiger partial charge >= 0.3 is 6.03 Å². The summed E-state index contributed by atoms with van der Waals surface area (Å²) < 4.78 is 0. The van der Waals surface area contributed by atoms with Gasteiger partial charge in [-0.1, -0.05) is 41.5 Å². The first-order valence-electron chi connectivity index (χ1n) is 7.27. The van der Waals surface area contributed by atoms with Gasteiger partial charge in [0.1, 0.15) is 0 Å². The van der Waals surface area contributed by atoms with E-state index in [1.807, 2.05) is 6.92 Å². The number of hydrogen-bond acceptors (Lipinski definition) is 2. The number of nitrogens with one attached hydrogen (secondary N) is 3. The largest absolute Gasteiger partial charge is 0.354 e. The fourth-order valence-electron chi connectivity index (χ4n) is 2.29. The monoisotopic (exact) mass is 285 g/mol. The van der Waals surface area contributed by atoms with E-state index in [0.717, 1.165) is 6.42 Å². The second kappa shape index (κ2) is 7.50. The number of hydrogen-bond donors (Lipinski definition) is 3. The van der Waals surface area contributed by atoms with Crippen molar-refractivity contribution < 1.29 is 9.59 Å². The lowest BCUT2D eigenvalue weighted by Gasteiger charge is -2.37. The second-order valence-corrected chi connectivity index (χ2v) is 7.07. The van der Waals surface area contributed by atoms with Crippen LogP contribution in [0.1, 0.15) is 48.0 Å². The van der Waals surface area contributed by atoms with Crippen molar-refractivity contribution in [2.24, 2.45) is 16.7 Å². The highest BCUT2D eigenvalue weighted by molar-refractivity contribution is 5.82. The van der Waals surface area contributed by atoms with Gasteiger partial charge in [0.25, 0.3) is 0 Å². The van der Waals surface area contributed by atoms with Crippen LogP contribution in [0.15, 0.2) is 0 Å². The Morgan fingerprint density at radius 1 is 1.00 bits per heavy atom. The minimum absolute atomic E-state index is 0.0566. The topological polar surface area (TPSA) is 70.2 Å². The van der Waals surface area contributed by atoms with Crippen molar-refractivity contribution in [1.82, 2.24) is 16.0 Å². The van der Waals surface area contributed by atoms with Crippen molar-refractivity contribution in [3.63, 3.8) is 0 Å². The maximum absolute atomic E-state index is 12.5. The molecule has 0 fully saturated rings. The van der Waals surface area contributed by atoms with Gasteiger partial charge in [0.05, 0.1) is 0 Å². The third kappa shape index (κ3) is 6.26. The van der Waals surface area contributed by atoms with E-state index in [1.54, 1.807) is 7.05 Å². The fraction of sp³-hybridized carbons (Fsp3) is 0.867. The molecule has 0 saturated carbocycles. The SMILES string of the molecule is CNC(=O)NCCNC(=O)C(C)(CC(C)(C)C)C(C)C. The molecule has 0 radical (unpaired) electrons.